The van der Waals surface area contributed by atoms with Gasteiger partial charge in [0.2, 0.25) is 0 Å². The molecule has 0 fully saturated rings. The molecule has 0 aromatic heterocycles. The maximum Gasteiger partial charge on any atom is 0.0595 e. The second-order valence-electron chi connectivity index (χ2n) is 3.88. The summed E-state index contributed by atoms with van der Waals surface area (Å²) in [7, 11) is 0. The Balaban J connectivity index is 2.43. The summed E-state index contributed by atoms with van der Waals surface area (Å²) in [6.07, 6.45) is 3.56. The highest BCUT2D eigenvalue weighted by Gasteiger charge is 2.16. The first-order valence-corrected chi connectivity index (χ1v) is 5.39. The summed E-state index contributed by atoms with van der Waals surface area (Å²) in [5.74, 6) is 0.782. The van der Waals surface area contributed by atoms with Gasteiger partial charge in [-0.2, -0.15) is 0 Å². The second-order valence-corrected chi connectivity index (χ2v) is 4.70. The molecule has 70 valence electrons. The van der Waals surface area contributed by atoms with Gasteiger partial charge in [0.05, 0.1) is 10.0 Å². The Morgan fingerprint density at radius 3 is 2.46 bits per heavy atom. The smallest absolute Gasteiger partial charge is 0.0595 e. The minimum absolute atomic E-state index is 0.689. The highest BCUT2D eigenvalue weighted by Crippen LogP contribution is 2.32. The van der Waals surface area contributed by atoms with Gasteiger partial charge in [0.1, 0.15) is 0 Å². The minimum atomic E-state index is 0.689. The monoisotopic (exact) mass is 214 g/mol. The molecular formula is C11H12Cl2. The zero-order valence-electron chi connectivity index (χ0n) is 7.61. The van der Waals surface area contributed by atoms with E-state index in [4.69, 9.17) is 23.2 Å². The van der Waals surface area contributed by atoms with Crippen LogP contribution in [0.3, 0.4) is 0 Å². The molecular weight excluding hydrogens is 203 g/mol. The summed E-state index contributed by atoms with van der Waals surface area (Å²) in [4.78, 5) is 0. The summed E-state index contributed by atoms with van der Waals surface area (Å²) < 4.78 is 0. The number of aryl methyl sites for hydroxylation is 1. The molecule has 0 N–H and O–H groups in total. The van der Waals surface area contributed by atoms with E-state index in [2.05, 4.69) is 6.92 Å². The van der Waals surface area contributed by atoms with Gasteiger partial charge in [0.25, 0.3) is 0 Å². The van der Waals surface area contributed by atoms with Gasteiger partial charge < -0.3 is 0 Å². The van der Waals surface area contributed by atoms with Gasteiger partial charge in [0, 0.05) is 0 Å². The fourth-order valence-corrected chi connectivity index (χ4v) is 2.30. The molecule has 0 heterocycles. The van der Waals surface area contributed by atoms with Crippen molar-refractivity contribution < 1.29 is 0 Å². The fourth-order valence-electron chi connectivity index (χ4n) is 1.93. The molecule has 1 aromatic rings. The zero-order valence-corrected chi connectivity index (χ0v) is 9.12. The molecule has 1 aliphatic carbocycles. The number of hydrogen-bond acceptors (Lipinski definition) is 0. The molecule has 0 saturated carbocycles. The lowest BCUT2D eigenvalue weighted by molar-refractivity contribution is 0.501. The van der Waals surface area contributed by atoms with Crippen molar-refractivity contribution in [2.24, 2.45) is 5.92 Å². The van der Waals surface area contributed by atoms with Gasteiger partial charge in [-0.15, -0.1) is 0 Å². The van der Waals surface area contributed by atoms with Crippen molar-refractivity contribution in [1.82, 2.24) is 0 Å². The third-order valence-electron chi connectivity index (χ3n) is 2.72. The van der Waals surface area contributed by atoms with Crippen molar-refractivity contribution in [2.75, 3.05) is 0 Å². The lowest BCUT2D eigenvalue weighted by Crippen LogP contribution is -2.11. The predicted octanol–water partition coefficient (Wildman–Crippen LogP) is 4.12. The molecule has 1 atom stereocenters. The Labute approximate surface area is 88.9 Å². The van der Waals surface area contributed by atoms with Crippen molar-refractivity contribution in [3.05, 3.63) is 33.3 Å². The average molecular weight is 215 g/mol. The predicted molar refractivity (Wildman–Crippen MR) is 57.7 cm³/mol. The van der Waals surface area contributed by atoms with E-state index >= 15 is 0 Å². The SMILES string of the molecule is CC1CCc2cc(Cl)c(Cl)cc2C1. The van der Waals surface area contributed by atoms with Crippen LogP contribution in [-0.4, -0.2) is 0 Å². The Kier molecular flexibility index (Phi) is 2.53. The Hall–Kier alpha value is -0.200. The third kappa shape index (κ3) is 1.84. The Morgan fingerprint density at radius 2 is 1.77 bits per heavy atom. The fraction of sp³-hybridized carbons (Fsp3) is 0.455. The third-order valence-corrected chi connectivity index (χ3v) is 3.44. The van der Waals surface area contributed by atoms with E-state index < -0.39 is 0 Å². The summed E-state index contributed by atoms with van der Waals surface area (Å²) in [6.45, 7) is 2.28. The molecule has 0 spiro atoms. The van der Waals surface area contributed by atoms with E-state index in [1.807, 2.05) is 12.1 Å². The molecule has 13 heavy (non-hydrogen) atoms. The van der Waals surface area contributed by atoms with Crippen molar-refractivity contribution in [3.63, 3.8) is 0 Å². The van der Waals surface area contributed by atoms with E-state index in [0.29, 0.717) is 10.0 Å². The number of fused-ring (bicyclic) bond motifs is 1. The van der Waals surface area contributed by atoms with E-state index in [-0.39, 0.29) is 0 Å². The highest BCUT2D eigenvalue weighted by molar-refractivity contribution is 6.42. The first kappa shape index (κ1) is 9.36. The number of benzene rings is 1. The van der Waals surface area contributed by atoms with Crippen LogP contribution in [0.15, 0.2) is 12.1 Å². The van der Waals surface area contributed by atoms with E-state index in [1.165, 1.54) is 17.5 Å². The van der Waals surface area contributed by atoms with E-state index in [1.54, 1.807) is 0 Å². The Morgan fingerprint density at radius 1 is 1.15 bits per heavy atom. The van der Waals surface area contributed by atoms with Gasteiger partial charge in [-0.25, -0.2) is 0 Å². The van der Waals surface area contributed by atoms with Crippen LogP contribution in [0.4, 0.5) is 0 Å². The van der Waals surface area contributed by atoms with Crippen LogP contribution in [0.2, 0.25) is 10.0 Å². The van der Waals surface area contributed by atoms with Crippen LogP contribution >= 0.6 is 23.2 Å². The molecule has 1 aliphatic rings. The summed E-state index contributed by atoms with van der Waals surface area (Å²) in [6, 6.07) is 4.04. The lowest BCUT2D eigenvalue weighted by Gasteiger charge is -2.21. The van der Waals surface area contributed by atoms with Crippen LogP contribution < -0.4 is 0 Å². The van der Waals surface area contributed by atoms with Crippen LogP contribution in [0.25, 0.3) is 0 Å². The highest BCUT2D eigenvalue weighted by atomic mass is 35.5. The maximum absolute atomic E-state index is 5.96. The number of halogens is 2. The van der Waals surface area contributed by atoms with Crippen LogP contribution in [0, 0.1) is 5.92 Å². The molecule has 2 heteroatoms. The van der Waals surface area contributed by atoms with Crippen molar-refractivity contribution in [1.29, 1.82) is 0 Å². The number of hydrogen-bond donors (Lipinski definition) is 0. The molecule has 0 nitrogen and oxygen atoms in total. The first-order valence-electron chi connectivity index (χ1n) is 4.63. The van der Waals surface area contributed by atoms with Gasteiger partial charge in [-0.05, 0) is 48.4 Å². The van der Waals surface area contributed by atoms with Crippen molar-refractivity contribution in [3.8, 4) is 0 Å². The average Bonchev–Trinajstić information content (AvgIpc) is 2.08. The first-order chi connectivity index (χ1) is 6.16. The maximum atomic E-state index is 5.96. The minimum Gasteiger partial charge on any atom is -0.0827 e. The summed E-state index contributed by atoms with van der Waals surface area (Å²) in [5, 5.41) is 1.38. The zero-order chi connectivity index (χ0) is 9.42. The lowest BCUT2D eigenvalue weighted by atomic mass is 9.85. The van der Waals surface area contributed by atoms with E-state index in [0.717, 1.165) is 18.8 Å². The van der Waals surface area contributed by atoms with Crippen LogP contribution in [0.1, 0.15) is 24.5 Å². The summed E-state index contributed by atoms with van der Waals surface area (Å²) >= 11 is 11.9. The van der Waals surface area contributed by atoms with Gasteiger partial charge in [-0.3, -0.25) is 0 Å². The topological polar surface area (TPSA) is 0 Å². The van der Waals surface area contributed by atoms with Crippen LogP contribution in [0.5, 0.6) is 0 Å². The molecule has 1 aromatic carbocycles. The van der Waals surface area contributed by atoms with Crippen molar-refractivity contribution in [2.45, 2.75) is 26.2 Å². The second kappa shape index (κ2) is 3.51. The molecule has 0 radical (unpaired) electrons. The molecule has 0 saturated heterocycles. The quantitative estimate of drug-likeness (QED) is 0.610. The molecule has 2 rings (SSSR count). The standard InChI is InChI=1S/C11H12Cl2/c1-7-2-3-8-5-10(12)11(13)6-9(8)4-7/h5-7H,2-4H2,1H3. The number of rotatable bonds is 0. The normalized spacial score (nSPS) is 21.3. The summed E-state index contributed by atoms with van der Waals surface area (Å²) in [5.41, 5.74) is 2.76. The Bertz CT molecular complexity index is 331. The molecule has 1 unspecified atom stereocenters. The van der Waals surface area contributed by atoms with E-state index in [9.17, 15) is 0 Å². The van der Waals surface area contributed by atoms with Crippen molar-refractivity contribution >= 4 is 23.2 Å². The van der Waals surface area contributed by atoms with Gasteiger partial charge in [0.15, 0.2) is 0 Å². The van der Waals surface area contributed by atoms with Gasteiger partial charge in [-0.1, -0.05) is 30.1 Å². The molecule has 0 amide bonds. The molecule has 0 bridgehead atoms. The molecule has 0 aliphatic heterocycles. The van der Waals surface area contributed by atoms with Gasteiger partial charge >= 0.3 is 0 Å². The van der Waals surface area contributed by atoms with Crippen LogP contribution in [-0.2, 0) is 12.8 Å². The largest absolute Gasteiger partial charge is 0.0827 e.